The molecule has 0 aliphatic carbocycles. The third kappa shape index (κ3) is 7.50. The number of nitrogens with zero attached hydrogens (tertiary/aromatic N) is 2. The number of benzene rings is 2. The smallest absolute Gasteiger partial charge is 0.411 e. The van der Waals surface area contributed by atoms with Crippen LogP contribution >= 0.6 is 23.2 Å². The zero-order chi connectivity index (χ0) is 28.7. The Labute approximate surface area is 231 Å². The Morgan fingerprint density at radius 1 is 0.769 bits per heavy atom. The number of hydrogen-bond donors (Lipinski definition) is 6. The van der Waals surface area contributed by atoms with E-state index in [1.165, 1.54) is 30.9 Å². The second-order valence-corrected chi connectivity index (χ2v) is 8.82. The summed E-state index contributed by atoms with van der Waals surface area (Å²) < 4.78 is 8.62. The minimum Gasteiger partial charge on any atom is -0.506 e. The first-order chi connectivity index (χ1) is 18.4. The van der Waals surface area contributed by atoms with Crippen LogP contribution < -0.4 is 26.3 Å². The number of aromatic hydroxyl groups is 2. The molecule has 3 rings (SSSR count). The van der Waals surface area contributed by atoms with Crippen LogP contribution in [-0.4, -0.2) is 72.3 Å². The molecule has 0 atom stereocenters. The fourth-order valence-electron chi connectivity index (χ4n) is 3.38. The normalized spacial score (nSPS) is 12.9. The van der Waals surface area contributed by atoms with Crippen LogP contribution in [0.3, 0.4) is 0 Å². The quantitative estimate of drug-likeness (QED) is 0.202. The Bertz CT molecular complexity index is 1280. The van der Waals surface area contributed by atoms with Gasteiger partial charge in [-0.2, -0.15) is 4.48 Å². The molecule has 0 fully saturated rings. The van der Waals surface area contributed by atoms with Crippen molar-refractivity contribution in [3.63, 3.8) is 0 Å². The highest BCUT2D eigenvalue weighted by Gasteiger charge is 2.38. The van der Waals surface area contributed by atoms with Gasteiger partial charge in [0.1, 0.15) is 16.5 Å². The summed E-state index contributed by atoms with van der Waals surface area (Å²) in [7, 11) is 2.30. The van der Waals surface area contributed by atoms with Gasteiger partial charge in [-0.05, 0) is 12.1 Å². The summed E-state index contributed by atoms with van der Waals surface area (Å²) >= 11 is 12.4. The second-order valence-electron chi connectivity index (χ2n) is 8.01. The lowest BCUT2D eigenvalue weighted by molar-refractivity contribution is -0.760. The fraction of sp³-hybridized carbons (Fsp3) is 0.174. The molecule has 14 nitrogen and oxygen atoms in total. The molecule has 0 spiro atoms. The summed E-state index contributed by atoms with van der Waals surface area (Å²) in [4.78, 5) is 52.5. The highest BCUT2D eigenvalue weighted by Crippen LogP contribution is 2.35. The van der Waals surface area contributed by atoms with Crippen LogP contribution in [0.15, 0.2) is 36.7 Å². The molecule has 39 heavy (non-hydrogen) atoms. The lowest BCUT2D eigenvalue weighted by Gasteiger charge is -2.22. The number of carbonyl (C=O) groups is 4. The number of rotatable bonds is 8. The van der Waals surface area contributed by atoms with Crippen LogP contribution in [0.1, 0.15) is 0 Å². The van der Waals surface area contributed by atoms with Crippen molar-refractivity contribution >= 4 is 76.3 Å². The van der Waals surface area contributed by atoms with Gasteiger partial charge in [-0.25, -0.2) is 9.59 Å². The minimum atomic E-state index is -0.826. The molecule has 4 amide bonds. The first-order valence-corrected chi connectivity index (χ1v) is 11.6. The monoisotopic (exact) mass is 581 g/mol. The fourth-order valence-corrected chi connectivity index (χ4v) is 3.80. The average molecular weight is 582 g/mol. The predicted octanol–water partition coefficient (Wildman–Crippen LogP) is 3.00. The standard InChI is InChI=1S/C23H22Cl2N6O8/c1-38-22(36)29-16-5-12(24)14(7-18(16)32)27-20(34)9-31(4-3-26-11-31)10-21(35)28-15-8-19(33)17(6-13(15)25)30-23(37)39-2/h3-8,11H,9-10H2,1-2H3,(H5-,27,28,29,30,32,33,34,35,36,37)/q+1/p+1. The van der Waals surface area contributed by atoms with Crippen molar-refractivity contribution in [1.29, 1.82) is 0 Å². The molecule has 0 bridgehead atoms. The van der Waals surface area contributed by atoms with Crippen LogP contribution in [0.4, 0.5) is 32.3 Å². The van der Waals surface area contributed by atoms with Crippen LogP contribution in [0, 0.1) is 0 Å². The van der Waals surface area contributed by atoms with E-state index in [1.54, 1.807) is 0 Å². The summed E-state index contributed by atoms with van der Waals surface area (Å²) in [5.74, 6) is -1.91. The lowest BCUT2D eigenvalue weighted by Crippen LogP contribution is -2.50. The van der Waals surface area contributed by atoms with Gasteiger partial charge in [-0.3, -0.25) is 20.2 Å². The van der Waals surface area contributed by atoms with Crippen molar-refractivity contribution < 1.29 is 43.3 Å². The molecular weight excluding hydrogens is 559 g/mol. The van der Waals surface area contributed by atoms with E-state index in [4.69, 9.17) is 23.2 Å². The van der Waals surface area contributed by atoms with E-state index in [2.05, 4.69) is 35.7 Å². The minimum absolute atomic E-state index is 0.0158. The topological polar surface area (TPSA) is 189 Å². The van der Waals surface area contributed by atoms with Crippen LogP contribution in [0.5, 0.6) is 11.5 Å². The highest BCUT2D eigenvalue weighted by atomic mass is 35.5. The van der Waals surface area contributed by atoms with Gasteiger partial charge < -0.3 is 30.3 Å². The first-order valence-electron chi connectivity index (χ1n) is 10.9. The Morgan fingerprint density at radius 2 is 1.21 bits per heavy atom. The Kier molecular flexibility index (Phi) is 9.19. The third-order valence-corrected chi connectivity index (χ3v) is 5.81. The molecule has 205 valence electrons. The van der Waals surface area contributed by atoms with Gasteiger partial charge >= 0.3 is 24.7 Å². The molecule has 6 N–H and O–H groups in total. The number of anilines is 4. The number of quaternary nitrogens is 1. The van der Waals surface area contributed by atoms with E-state index in [9.17, 15) is 29.4 Å². The second kappa shape index (κ2) is 12.3. The van der Waals surface area contributed by atoms with E-state index in [-0.39, 0.29) is 61.9 Å². The summed E-state index contributed by atoms with van der Waals surface area (Å²) in [6.07, 6.45) is 2.66. The maximum absolute atomic E-state index is 12.9. The van der Waals surface area contributed by atoms with Crippen molar-refractivity contribution in [1.82, 2.24) is 4.99 Å². The van der Waals surface area contributed by atoms with Crippen molar-refractivity contribution in [2.75, 3.05) is 48.6 Å². The van der Waals surface area contributed by atoms with Crippen molar-refractivity contribution in [3.8, 4) is 11.5 Å². The molecule has 0 aromatic heterocycles. The first kappa shape index (κ1) is 29.0. The van der Waals surface area contributed by atoms with Gasteiger partial charge in [0, 0.05) is 12.1 Å². The van der Waals surface area contributed by atoms with E-state index in [0.29, 0.717) is 0 Å². The summed E-state index contributed by atoms with van der Waals surface area (Å²) in [5.41, 5.74) is 0.0531. The summed E-state index contributed by atoms with van der Waals surface area (Å²) in [6.45, 7) is -0.568. The Morgan fingerprint density at radius 3 is 1.56 bits per heavy atom. The average Bonchev–Trinajstić information content (AvgIpc) is 3.32. The number of carbonyl (C=O) groups excluding carboxylic acids is 4. The number of ether oxygens (including phenoxy) is 2. The van der Waals surface area contributed by atoms with E-state index in [0.717, 1.165) is 26.4 Å². The van der Waals surface area contributed by atoms with Crippen LogP contribution in [-0.2, 0) is 19.1 Å². The third-order valence-electron chi connectivity index (χ3n) is 5.19. The maximum atomic E-state index is 12.9. The number of phenolic OH excluding ortho intramolecular Hbond substituents is 2. The Hall–Kier alpha value is -4.53. The maximum Gasteiger partial charge on any atom is 0.411 e. The molecule has 0 saturated carbocycles. The van der Waals surface area contributed by atoms with Gasteiger partial charge in [-0.1, -0.05) is 23.2 Å². The lowest BCUT2D eigenvalue weighted by atomic mass is 10.2. The molecule has 1 radical (unpaired) electrons. The SMILES string of the molecule is COC(=O)Nc1cc(Cl)c(NC(=O)C[N+]2(CC(=O)Nc3cc(O)c(NC(=O)OC)cc3Cl)C=C[N+]=C2)cc1O. The largest absolute Gasteiger partial charge is 0.506 e. The zero-order valence-electron chi connectivity index (χ0n) is 20.4. The molecular formula is C23H23Cl2N6O8+2. The van der Waals surface area contributed by atoms with E-state index >= 15 is 0 Å². The number of phenols is 2. The summed E-state index contributed by atoms with van der Waals surface area (Å²) in [5, 5.41) is 30.0. The molecule has 2 aromatic carbocycles. The van der Waals surface area contributed by atoms with Crippen molar-refractivity contribution in [2.24, 2.45) is 0 Å². The van der Waals surface area contributed by atoms with Crippen LogP contribution in [0.2, 0.25) is 10.0 Å². The molecule has 16 heteroatoms. The van der Waals surface area contributed by atoms with Gasteiger partial charge in [0.15, 0.2) is 19.3 Å². The molecule has 2 aromatic rings. The van der Waals surface area contributed by atoms with Crippen molar-refractivity contribution in [2.45, 2.75) is 0 Å². The predicted molar refractivity (Wildman–Crippen MR) is 143 cm³/mol. The molecule has 1 heterocycles. The van der Waals surface area contributed by atoms with Gasteiger partial charge in [-0.15, -0.1) is 0 Å². The molecule has 0 saturated heterocycles. The van der Waals surface area contributed by atoms with Gasteiger partial charge in [0.05, 0.1) is 47.0 Å². The number of hydrogen-bond acceptors (Lipinski definition) is 9. The molecule has 0 unspecified atom stereocenters. The number of amides is 4. The number of aliphatic imine (C=N–C) groups is 1. The summed E-state index contributed by atoms with van der Waals surface area (Å²) in [6, 6.07) is 4.74. The zero-order valence-corrected chi connectivity index (χ0v) is 22.0. The number of halogens is 2. The van der Waals surface area contributed by atoms with Crippen molar-refractivity contribution in [3.05, 3.63) is 46.7 Å². The number of methoxy groups -OCH3 is 2. The number of nitrogens with one attached hydrogen (secondary N) is 4. The van der Waals surface area contributed by atoms with Crippen LogP contribution in [0.25, 0.3) is 0 Å². The van der Waals surface area contributed by atoms with E-state index < -0.39 is 24.0 Å². The molecule has 1 aliphatic rings. The Balaban J connectivity index is 1.69. The van der Waals surface area contributed by atoms with E-state index in [1.807, 2.05) is 0 Å². The molecule has 1 aliphatic heterocycles. The van der Waals surface area contributed by atoms with Gasteiger partial charge in [0.2, 0.25) is 0 Å². The van der Waals surface area contributed by atoms with Gasteiger partial charge in [0.25, 0.3) is 11.8 Å². The highest BCUT2D eigenvalue weighted by molar-refractivity contribution is 6.34.